The Balaban J connectivity index is 1.60. The first-order valence-electron chi connectivity index (χ1n) is 8.89. The molecule has 0 spiro atoms. The van der Waals surface area contributed by atoms with Crippen molar-refractivity contribution in [1.29, 1.82) is 0 Å². The average Bonchev–Trinajstić information content (AvgIpc) is 2.68. The van der Waals surface area contributed by atoms with Crippen LogP contribution in [0.3, 0.4) is 0 Å². The van der Waals surface area contributed by atoms with E-state index in [0.717, 1.165) is 41.7 Å². The van der Waals surface area contributed by atoms with Crippen molar-refractivity contribution in [1.82, 2.24) is 0 Å². The summed E-state index contributed by atoms with van der Waals surface area (Å²) < 4.78 is 6.00. The first-order chi connectivity index (χ1) is 13.1. The van der Waals surface area contributed by atoms with Gasteiger partial charge in [0, 0.05) is 5.02 Å². The van der Waals surface area contributed by atoms with E-state index in [4.69, 9.17) is 21.4 Å². The number of aryl methyl sites for hydroxylation is 2. The van der Waals surface area contributed by atoms with Gasteiger partial charge in [-0.15, -0.1) is 0 Å². The summed E-state index contributed by atoms with van der Waals surface area (Å²) in [6, 6.07) is 22.8. The van der Waals surface area contributed by atoms with E-state index in [-0.39, 0.29) is 0 Å². The Bertz CT molecular complexity index is 889. The van der Waals surface area contributed by atoms with Crippen LogP contribution in [0.5, 0.6) is 5.75 Å². The van der Waals surface area contributed by atoms with Crippen LogP contribution in [0.4, 0.5) is 0 Å². The van der Waals surface area contributed by atoms with Gasteiger partial charge in [0.2, 0.25) is 0 Å². The number of ether oxygens (including phenoxy) is 1. The molecule has 3 aromatic carbocycles. The van der Waals surface area contributed by atoms with Gasteiger partial charge in [0.05, 0.1) is 5.56 Å². The minimum atomic E-state index is -0.902. The van der Waals surface area contributed by atoms with Crippen LogP contribution in [-0.4, -0.2) is 11.1 Å². The van der Waals surface area contributed by atoms with Crippen molar-refractivity contribution >= 4 is 17.6 Å². The lowest BCUT2D eigenvalue weighted by Crippen LogP contribution is -2.00. The van der Waals surface area contributed by atoms with Gasteiger partial charge in [0.15, 0.2) is 0 Å². The molecule has 4 heteroatoms. The smallest absolute Gasteiger partial charge is 0.335 e. The molecular formula is C23H21ClO3. The van der Waals surface area contributed by atoms with E-state index in [1.54, 1.807) is 12.1 Å². The van der Waals surface area contributed by atoms with Crippen LogP contribution in [0.25, 0.3) is 0 Å². The third-order valence-corrected chi connectivity index (χ3v) is 4.61. The van der Waals surface area contributed by atoms with Crippen molar-refractivity contribution in [3.05, 3.63) is 100 Å². The number of carboxylic acid groups (broad SMARTS) is 1. The Hall–Kier alpha value is -2.78. The summed E-state index contributed by atoms with van der Waals surface area (Å²) in [5.41, 5.74) is 3.64. The molecule has 0 heterocycles. The first-order valence-corrected chi connectivity index (χ1v) is 9.27. The van der Waals surface area contributed by atoms with Gasteiger partial charge in [-0.3, -0.25) is 0 Å². The van der Waals surface area contributed by atoms with Crippen LogP contribution in [-0.2, 0) is 19.4 Å². The molecule has 3 rings (SSSR count). The van der Waals surface area contributed by atoms with E-state index in [0.29, 0.717) is 17.2 Å². The normalized spacial score (nSPS) is 10.6. The zero-order chi connectivity index (χ0) is 19.1. The van der Waals surface area contributed by atoms with Crippen LogP contribution < -0.4 is 4.74 Å². The third-order valence-electron chi connectivity index (χ3n) is 4.37. The Kier molecular flexibility index (Phi) is 6.50. The second-order valence-electron chi connectivity index (χ2n) is 6.38. The molecule has 0 saturated heterocycles. The quantitative estimate of drug-likeness (QED) is 0.537. The van der Waals surface area contributed by atoms with E-state index in [1.807, 2.05) is 60.7 Å². The molecule has 0 atom stereocenters. The topological polar surface area (TPSA) is 46.5 Å². The standard InChI is InChI=1S/C23H21ClO3/c24-21-13-14-22(27-16-18-5-2-1-3-6-18)20(15-21)8-4-7-17-9-11-19(12-10-17)23(25)26/h1-3,5-6,9-15H,4,7-8,16H2,(H,25,26). The summed E-state index contributed by atoms with van der Waals surface area (Å²) in [5, 5.41) is 9.66. The summed E-state index contributed by atoms with van der Waals surface area (Å²) in [4.78, 5) is 10.9. The molecule has 0 aliphatic rings. The highest BCUT2D eigenvalue weighted by Crippen LogP contribution is 2.25. The number of rotatable bonds is 8. The van der Waals surface area contributed by atoms with Gasteiger partial charge in [-0.05, 0) is 66.3 Å². The van der Waals surface area contributed by atoms with Crippen molar-refractivity contribution in [2.75, 3.05) is 0 Å². The van der Waals surface area contributed by atoms with Crippen LogP contribution in [0, 0.1) is 0 Å². The van der Waals surface area contributed by atoms with Gasteiger partial charge in [0.1, 0.15) is 12.4 Å². The summed E-state index contributed by atoms with van der Waals surface area (Å²) in [7, 11) is 0. The molecular weight excluding hydrogens is 360 g/mol. The predicted octanol–water partition coefficient (Wildman–Crippen LogP) is 5.79. The van der Waals surface area contributed by atoms with Crippen LogP contribution in [0.2, 0.25) is 5.02 Å². The third kappa shape index (κ3) is 5.60. The Morgan fingerprint density at radius 1 is 0.889 bits per heavy atom. The van der Waals surface area contributed by atoms with Gasteiger partial charge >= 0.3 is 5.97 Å². The average molecular weight is 381 g/mol. The SMILES string of the molecule is O=C(O)c1ccc(CCCc2cc(Cl)ccc2OCc2ccccc2)cc1. The maximum Gasteiger partial charge on any atom is 0.335 e. The van der Waals surface area contributed by atoms with Crippen molar-refractivity contribution in [2.24, 2.45) is 0 Å². The summed E-state index contributed by atoms with van der Waals surface area (Å²) in [6.07, 6.45) is 2.63. The monoisotopic (exact) mass is 380 g/mol. The maximum absolute atomic E-state index is 10.9. The second-order valence-corrected chi connectivity index (χ2v) is 6.82. The van der Waals surface area contributed by atoms with Gasteiger partial charge in [-0.25, -0.2) is 4.79 Å². The van der Waals surface area contributed by atoms with Gasteiger partial charge in [-0.1, -0.05) is 54.1 Å². The van der Waals surface area contributed by atoms with E-state index < -0.39 is 5.97 Å². The zero-order valence-corrected chi connectivity index (χ0v) is 15.7. The molecule has 27 heavy (non-hydrogen) atoms. The van der Waals surface area contributed by atoms with Gasteiger partial charge in [-0.2, -0.15) is 0 Å². The molecule has 3 nitrogen and oxygen atoms in total. The van der Waals surface area contributed by atoms with E-state index >= 15 is 0 Å². The molecule has 0 amide bonds. The maximum atomic E-state index is 10.9. The Morgan fingerprint density at radius 2 is 1.63 bits per heavy atom. The minimum absolute atomic E-state index is 0.310. The molecule has 1 N–H and O–H groups in total. The first kappa shape index (κ1) is 19.0. The van der Waals surface area contributed by atoms with Gasteiger partial charge in [0.25, 0.3) is 0 Å². The number of benzene rings is 3. The van der Waals surface area contributed by atoms with Crippen LogP contribution in [0.15, 0.2) is 72.8 Å². The zero-order valence-electron chi connectivity index (χ0n) is 14.9. The summed E-state index contributed by atoms with van der Waals surface area (Å²) in [5.74, 6) is -0.0508. The molecule has 138 valence electrons. The summed E-state index contributed by atoms with van der Waals surface area (Å²) >= 11 is 6.17. The van der Waals surface area contributed by atoms with Gasteiger partial charge < -0.3 is 9.84 Å². The van der Waals surface area contributed by atoms with E-state index in [9.17, 15) is 4.79 Å². The predicted molar refractivity (Wildman–Crippen MR) is 108 cm³/mol. The van der Waals surface area contributed by atoms with Crippen molar-refractivity contribution < 1.29 is 14.6 Å². The van der Waals surface area contributed by atoms with E-state index in [2.05, 4.69) is 0 Å². The highest BCUT2D eigenvalue weighted by Gasteiger charge is 2.07. The number of hydrogen-bond donors (Lipinski definition) is 1. The molecule has 0 aromatic heterocycles. The fourth-order valence-electron chi connectivity index (χ4n) is 2.92. The molecule has 0 fully saturated rings. The van der Waals surface area contributed by atoms with Crippen LogP contribution >= 0.6 is 11.6 Å². The lowest BCUT2D eigenvalue weighted by molar-refractivity contribution is 0.0697. The van der Waals surface area contributed by atoms with Crippen LogP contribution in [0.1, 0.15) is 33.5 Å². The molecule has 0 bridgehead atoms. The number of aromatic carboxylic acids is 1. The second kappa shape index (κ2) is 9.24. The Labute approximate surface area is 164 Å². The lowest BCUT2D eigenvalue weighted by Gasteiger charge is -2.12. The molecule has 3 aromatic rings. The van der Waals surface area contributed by atoms with E-state index in [1.165, 1.54) is 0 Å². The highest BCUT2D eigenvalue weighted by molar-refractivity contribution is 6.30. The molecule has 0 unspecified atom stereocenters. The summed E-state index contributed by atoms with van der Waals surface area (Å²) in [6.45, 7) is 0.520. The molecule has 0 saturated carbocycles. The fourth-order valence-corrected chi connectivity index (χ4v) is 3.11. The number of carboxylic acids is 1. The minimum Gasteiger partial charge on any atom is -0.489 e. The van der Waals surface area contributed by atoms with Crippen molar-refractivity contribution in [3.8, 4) is 5.75 Å². The number of hydrogen-bond acceptors (Lipinski definition) is 2. The number of halogens is 1. The highest BCUT2D eigenvalue weighted by atomic mass is 35.5. The molecule has 0 aliphatic carbocycles. The molecule has 0 radical (unpaired) electrons. The van der Waals surface area contributed by atoms with Crippen molar-refractivity contribution in [2.45, 2.75) is 25.9 Å². The Morgan fingerprint density at radius 3 is 2.33 bits per heavy atom. The number of carbonyl (C=O) groups is 1. The fraction of sp³-hybridized carbons (Fsp3) is 0.174. The molecule has 0 aliphatic heterocycles. The van der Waals surface area contributed by atoms with Crippen molar-refractivity contribution in [3.63, 3.8) is 0 Å². The largest absolute Gasteiger partial charge is 0.489 e. The lowest BCUT2D eigenvalue weighted by atomic mass is 10.0.